The second-order valence-electron chi connectivity index (χ2n) is 7.39. The quantitative estimate of drug-likeness (QED) is 0.824. The summed E-state index contributed by atoms with van der Waals surface area (Å²) in [6.45, 7) is 6.61. The number of nitrogens with zero attached hydrogens (tertiary/aromatic N) is 1. The van der Waals surface area contributed by atoms with E-state index in [1.54, 1.807) is 12.1 Å². The number of hydrogen-bond acceptors (Lipinski definition) is 4. The van der Waals surface area contributed by atoms with Crippen molar-refractivity contribution < 1.29 is 14.6 Å². The number of rotatable bonds is 4. The van der Waals surface area contributed by atoms with Crippen molar-refractivity contribution in [3.63, 3.8) is 0 Å². The molecule has 1 aliphatic rings. The van der Waals surface area contributed by atoms with Crippen LogP contribution in [0, 0.1) is 6.92 Å². The molecule has 4 nitrogen and oxygen atoms in total. The van der Waals surface area contributed by atoms with Crippen LogP contribution < -0.4 is 4.74 Å². The van der Waals surface area contributed by atoms with Gasteiger partial charge in [0.2, 0.25) is 5.78 Å². The molecule has 2 aromatic carbocycles. The molecule has 0 spiro atoms. The molecule has 1 heterocycles. The van der Waals surface area contributed by atoms with E-state index in [0.717, 1.165) is 11.1 Å². The molecule has 26 heavy (non-hydrogen) atoms. The third kappa shape index (κ3) is 3.37. The number of benzene rings is 2. The number of aryl methyl sites for hydroxylation is 1. The Balaban J connectivity index is 2.00. The molecule has 0 radical (unpaired) electrons. The van der Waals surface area contributed by atoms with Crippen molar-refractivity contribution >= 4 is 11.9 Å². The van der Waals surface area contributed by atoms with Crippen molar-refractivity contribution in [1.29, 1.82) is 0 Å². The largest absolute Gasteiger partial charge is 0.507 e. The van der Waals surface area contributed by atoms with Crippen molar-refractivity contribution in [3.05, 3.63) is 63.9 Å². The van der Waals surface area contributed by atoms with Crippen LogP contribution in [0.3, 0.4) is 0 Å². The Labute approximate surface area is 154 Å². The van der Waals surface area contributed by atoms with Gasteiger partial charge >= 0.3 is 0 Å². The molecule has 0 unspecified atom stereocenters. The number of fused-ring (bicyclic) bond motifs is 1. The first-order valence-electron chi connectivity index (χ1n) is 8.82. The number of Topliss-reactive ketones (excluding diaryl/α,β-unsaturated/α-hetero) is 1. The average molecular weight is 351 g/mol. The Morgan fingerprint density at radius 1 is 1.19 bits per heavy atom. The molecule has 0 saturated carbocycles. The lowest BCUT2D eigenvalue weighted by Gasteiger charge is -2.15. The second kappa shape index (κ2) is 6.96. The summed E-state index contributed by atoms with van der Waals surface area (Å²) < 4.78 is 5.92. The highest BCUT2D eigenvalue weighted by atomic mass is 16.5. The van der Waals surface area contributed by atoms with E-state index in [9.17, 15) is 9.90 Å². The topological polar surface area (TPSA) is 49.8 Å². The van der Waals surface area contributed by atoms with Gasteiger partial charge in [-0.1, -0.05) is 38.1 Å². The molecule has 0 fully saturated rings. The zero-order valence-electron chi connectivity index (χ0n) is 16.0. The molecule has 136 valence electrons. The van der Waals surface area contributed by atoms with Gasteiger partial charge in [0.05, 0.1) is 11.1 Å². The Morgan fingerprint density at radius 2 is 1.85 bits per heavy atom. The average Bonchev–Trinajstić information content (AvgIpc) is 2.89. The minimum absolute atomic E-state index is 0.134. The molecule has 0 aromatic heterocycles. The van der Waals surface area contributed by atoms with E-state index in [4.69, 9.17) is 4.74 Å². The van der Waals surface area contributed by atoms with Crippen LogP contribution in [-0.4, -0.2) is 29.9 Å². The molecule has 4 heteroatoms. The summed E-state index contributed by atoms with van der Waals surface area (Å²) in [5.41, 5.74) is 4.08. The van der Waals surface area contributed by atoms with E-state index in [1.165, 1.54) is 5.56 Å². The number of ketones is 1. The molecule has 0 amide bonds. The molecule has 0 aliphatic carbocycles. The Bertz CT molecular complexity index is 877. The van der Waals surface area contributed by atoms with E-state index < -0.39 is 0 Å². The maximum absolute atomic E-state index is 12.9. The maximum Gasteiger partial charge on any atom is 0.232 e. The lowest BCUT2D eigenvalue weighted by molar-refractivity contribution is 0.101. The van der Waals surface area contributed by atoms with Crippen molar-refractivity contribution in [2.45, 2.75) is 33.2 Å². The van der Waals surface area contributed by atoms with Gasteiger partial charge in [0.25, 0.3) is 0 Å². The zero-order chi connectivity index (χ0) is 19.0. The standard InChI is InChI=1S/C22H25NO3/c1-13(2)16-8-6-15(7-9-16)11-19-21(25)20-14(3)10-18(24)17(12-23(4)5)22(20)26-19/h6-11,13,24H,12H2,1-5H3/b19-11-. The fraction of sp³-hybridized carbons (Fsp3) is 0.318. The lowest BCUT2D eigenvalue weighted by atomic mass is 9.98. The number of phenolic OH excluding ortho intramolecular Hbond substituents is 1. The van der Waals surface area contributed by atoms with Crippen molar-refractivity contribution in [2.24, 2.45) is 0 Å². The highest BCUT2D eigenvalue weighted by molar-refractivity contribution is 6.15. The Kier molecular flexibility index (Phi) is 4.88. The van der Waals surface area contributed by atoms with Gasteiger partial charge in [0.15, 0.2) is 5.76 Å². The van der Waals surface area contributed by atoms with Crippen molar-refractivity contribution in [3.8, 4) is 11.5 Å². The van der Waals surface area contributed by atoms with Gasteiger partial charge in [-0.05, 0) is 55.8 Å². The van der Waals surface area contributed by atoms with Crippen LogP contribution in [0.2, 0.25) is 0 Å². The number of allylic oxidation sites excluding steroid dienone is 1. The van der Waals surface area contributed by atoms with Crippen LogP contribution in [0.5, 0.6) is 11.5 Å². The van der Waals surface area contributed by atoms with Crippen LogP contribution in [0.25, 0.3) is 6.08 Å². The van der Waals surface area contributed by atoms with E-state index in [1.807, 2.05) is 38.1 Å². The van der Waals surface area contributed by atoms with Gasteiger partial charge in [-0.3, -0.25) is 4.79 Å². The number of phenols is 1. The fourth-order valence-electron chi connectivity index (χ4n) is 3.18. The SMILES string of the molecule is Cc1cc(O)c(CN(C)C)c2c1C(=O)/C(=C/c1ccc(C(C)C)cc1)O2. The zero-order valence-corrected chi connectivity index (χ0v) is 16.0. The number of carbonyl (C=O) groups is 1. The summed E-state index contributed by atoms with van der Waals surface area (Å²) in [6, 6.07) is 9.76. The molecule has 1 N–H and O–H groups in total. The molecule has 0 bridgehead atoms. The molecular weight excluding hydrogens is 326 g/mol. The van der Waals surface area contributed by atoms with Gasteiger partial charge in [0.1, 0.15) is 11.5 Å². The van der Waals surface area contributed by atoms with E-state index in [2.05, 4.69) is 26.0 Å². The van der Waals surface area contributed by atoms with Crippen LogP contribution in [-0.2, 0) is 6.54 Å². The number of aromatic hydroxyl groups is 1. The summed E-state index contributed by atoms with van der Waals surface area (Å²) in [5.74, 6) is 1.26. The summed E-state index contributed by atoms with van der Waals surface area (Å²) in [4.78, 5) is 14.8. The number of carbonyl (C=O) groups excluding carboxylic acids is 1. The van der Waals surface area contributed by atoms with E-state index in [0.29, 0.717) is 35.1 Å². The minimum Gasteiger partial charge on any atom is -0.507 e. The predicted molar refractivity (Wildman–Crippen MR) is 104 cm³/mol. The molecule has 0 atom stereocenters. The van der Waals surface area contributed by atoms with Crippen molar-refractivity contribution in [2.75, 3.05) is 14.1 Å². The maximum atomic E-state index is 12.9. The molecule has 2 aromatic rings. The van der Waals surface area contributed by atoms with Gasteiger partial charge in [-0.25, -0.2) is 0 Å². The van der Waals surface area contributed by atoms with Crippen LogP contribution in [0.1, 0.15) is 52.4 Å². The van der Waals surface area contributed by atoms with Gasteiger partial charge < -0.3 is 14.7 Å². The van der Waals surface area contributed by atoms with Crippen LogP contribution >= 0.6 is 0 Å². The fourth-order valence-corrected chi connectivity index (χ4v) is 3.18. The van der Waals surface area contributed by atoms with Crippen LogP contribution in [0.15, 0.2) is 36.1 Å². The third-order valence-corrected chi connectivity index (χ3v) is 4.60. The smallest absolute Gasteiger partial charge is 0.232 e. The molecule has 1 aliphatic heterocycles. The van der Waals surface area contributed by atoms with E-state index in [-0.39, 0.29) is 11.5 Å². The lowest BCUT2D eigenvalue weighted by Crippen LogP contribution is -2.12. The van der Waals surface area contributed by atoms with Gasteiger partial charge in [-0.2, -0.15) is 0 Å². The Hall–Kier alpha value is -2.59. The molecule has 3 rings (SSSR count). The minimum atomic E-state index is -0.134. The highest BCUT2D eigenvalue weighted by Crippen LogP contribution is 2.42. The predicted octanol–water partition coefficient (Wildman–Crippen LogP) is 4.50. The normalized spacial score (nSPS) is 15.0. The van der Waals surface area contributed by atoms with Gasteiger partial charge in [0, 0.05) is 6.54 Å². The Morgan fingerprint density at radius 3 is 2.42 bits per heavy atom. The summed E-state index contributed by atoms with van der Waals surface area (Å²) in [7, 11) is 3.82. The summed E-state index contributed by atoms with van der Waals surface area (Å²) in [5, 5.41) is 10.3. The van der Waals surface area contributed by atoms with E-state index >= 15 is 0 Å². The van der Waals surface area contributed by atoms with Gasteiger partial charge in [-0.15, -0.1) is 0 Å². The highest BCUT2D eigenvalue weighted by Gasteiger charge is 2.33. The first kappa shape index (κ1) is 18.2. The monoisotopic (exact) mass is 351 g/mol. The first-order valence-corrected chi connectivity index (χ1v) is 8.82. The molecular formula is C22H25NO3. The summed E-state index contributed by atoms with van der Waals surface area (Å²) in [6.07, 6.45) is 1.77. The number of hydrogen-bond donors (Lipinski definition) is 1. The number of ether oxygens (including phenoxy) is 1. The first-order chi connectivity index (χ1) is 12.3. The van der Waals surface area contributed by atoms with Crippen LogP contribution in [0.4, 0.5) is 0 Å². The third-order valence-electron chi connectivity index (χ3n) is 4.60. The summed E-state index contributed by atoms with van der Waals surface area (Å²) >= 11 is 0. The molecule has 0 saturated heterocycles. The van der Waals surface area contributed by atoms with Crippen molar-refractivity contribution in [1.82, 2.24) is 4.90 Å². The second-order valence-corrected chi connectivity index (χ2v) is 7.39.